The van der Waals surface area contributed by atoms with Crippen LogP contribution in [0, 0.1) is 6.92 Å². The van der Waals surface area contributed by atoms with Crippen LogP contribution in [0.25, 0.3) is 0 Å². The summed E-state index contributed by atoms with van der Waals surface area (Å²) < 4.78 is 0. The van der Waals surface area contributed by atoms with Crippen LogP contribution in [0.15, 0.2) is 42.5 Å². The van der Waals surface area contributed by atoms with Gasteiger partial charge in [-0.2, -0.15) is 11.8 Å². The minimum Gasteiger partial charge on any atom is -0.322 e. The van der Waals surface area contributed by atoms with E-state index in [0.717, 1.165) is 30.9 Å². The van der Waals surface area contributed by atoms with Crippen molar-refractivity contribution in [1.82, 2.24) is 4.90 Å². The Morgan fingerprint density at radius 2 is 2.09 bits per heavy atom. The molecule has 118 valence electrons. The third-order valence-corrected chi connectivity index (χ3v) is 4.55. The van der Waals surface area contributed by atoms with Gasteiger partial charge in [0, 0.05) is 42.9 Å². The number of allylic oxidation sites excluding steroid dienone is 3. The highest BCUT2D eigenvalue weighted by Crippen LogP contribution is 2.19. The van der Waals surface area contributed by atoms with Crippen molar-refractivity contribution in [3.63, 3.8) is 0 Å². The van der Waals surface area contributed by atoms with Crippen LogP contribution < -0.4 is 5.32 Å². The van der Waals surface area contributed by atoms with Crippen LogP contribution in [0.3, 0.4) is 0 Å². The molecule has 22 heavy (non-hydrogen) atoms. The van der Waals surface area contributed by atoms with Gasteiger partial charge in [-0.3, -0.25) is 9.69 Å². The highest BCUT2D eigenvalue weighted by Gasteiger charge is 2.11. The molecule has 0 spiro atoms. The Balaban J connectivity index is 1.95. The Morgan fingerprint density at radius 3 is 2.77 bits per heavy atom. The van der Waals surface area contributed by atoms with Gasteiger partial charge in [-0.1, -0.05) is 30.4 Å². The molecule has 4 heteroatoms. The second-order valence-corrected chi connectivity index (χ2v) is 6.64. The summed E-state index contributed by atoms with van der Waals surface area (Å²) in [5, 5.41) is 2.92. The fraction of sp³-hybridized carbons (Fsp3) is 0.389. The quantitative estimate of drug-likeness (QED) is 0.665. The normalized spacial score (nSPS) is 16.5. The highest BCUT2D eigenvalue weighted by atomic mass is 32.2. The number of aryl methyl sites for hydroxylation is 1. The Kier molecular flexibility index (Phi) is 6.74. The zero-order chi connectivity index (χ0) is 15.8. The van der Waals surface area contributed by atoms with E-state index in [2.05, 4.69) is 22.3 Å². The van der Waals surface area contributed by atoms with Crippen LogP contribution in [0.1, 0.15) is 18.1 Å². The van der Waals surface area contributed by atoms with E-state index in [1.54, 1.807) is 12.2 Å². The van der Waals surface area contributed by atoms with Crippen molar-refractivity contribution in [2.45, 2.75) is 20.4 Å². The second-order valence-electron chi connectivity index (χ2n) is 5.41. The molecule has 1 aromatic carbocycles. The van der Waals surface area contributed by atoms with Gasteiger partial charge in [0.1, 0.15) is 0 Å². The van der Waals surface area contributed by atoms with Gasteiger partial charge in [0.05, 0.1) is 0 Å². The molecule has 0 saturated carbocycles. The van der Waals surface area contributed by atoms with E-state index in [1.807, 2.05) is 43.8 Å². The Morgan fingerprint density at radius 1 is 1.32 bits per heavy atom. The van der Waals surface area contributed by atoms with Crippen molar-refractivity contribution in [1.29, 1.82) is 0 Å². The molecule has 1 aliphatic rings. The molecule has 0 atom stereocenters. The van der Waals surface area contributed by atoms with Gasteiger partial charge in [-0.15, -0.1) is 0 Å². The Hall–Kier alpha value is -1.52. The average Bonchev–Trinajstić information content (AvgIpc) is 2.51. The molecule has 1 N–H and O–H groups in total. The zero-order valence-corrected chi connectivity index (χ0v) is 14.2. The summed E-state index contributed by atoms with van der Waals surface area (Å²) in [6.45, 7) is 7.29. The van der Waals surface area contributed by atoms with Crippen LogP contribution in [0.2, 0.25) is 0 Å². The number of hydrogen-bond acceptors (Lipinski definition) is 3. The van der Waals surface area contributed by atoms with Crippen LogP contribution in [-0.4, -0.2) is 35.4 Å². The first kappa shape index (κ1) is 16.8. The number of anilines is 1. The lowest BCUT2D eigenvalue weighted by Gasteiger charge is -2.26. The monoisotopic (exact) mass is 316 g/mol. The number of carbonyl (C=O) groups excluding carboxylic acids is 1. The minimum atomic E-state index is -0.0954. The number of amides is 1. The SMILES string of the molecule is C/C=C/C=C/C(=O)Nc1ccc(CN2CCSCC2)cc1C. The largest absolute Gasteiger partial charge is 0.322 e. The summed E-state index contributed by atoms with van der Waals surface area (Å²) in [5.74, 6) is 2.36. The zero-order valence-electron chi connectivity index (χ0n) is 13.3. The maximum atomic E-state index is 11.8. The molecule has 3 nitrogen and oxygen atoms in total. The first-order valence-corrected chi connectivity index (χ1v) is 8.84. The van der Waals surface area contributed by atoms with E-state index < -0.39 is 0 Å². The number of hydrogen-bond donors (Lipinski definition) is 1. The molecule has 1 aromatic rings. The first-order chi connectivity index (χ1) is 10.7. The van der Waals surface area contributed by atoms with Crippen molar-refractivity contribution < 1.29 is 4.79 Å². The van der Waals surface area contributed by atoms with E-state index in [9.17, 15) is 4.79 Å². The summed E-state index contributed by atoms with van der Waals surface area (Å²) in [5.41, 5.74) is 3.30. The van der Waals surface area contributed by atoms with Crippen molar-refractivity contribution in [2.24, 2.45) is 0 Å². The molecule has 1 heterocycles. The summed E-state index contributed by atoms with van der Waals surface area (Å²) in [7, 11) is 0. The van der Waals surface area contributed by atoms with Crippen LogP contribution in [-0.2, 0) is 11.3 Å². The van der Waals surface area contributed by atoms with E-state index in [4.69, 9.17) is 0 Å². The maximum absolute atomic E-state index is 11.8. The van der Waals surface area contributed by atoms with E-state index in [1.165, 1.54) is 17.1 Å². The molecule has 1 saturated heterocycles. The average molecular weight is 316 g/mol. The highest BCUT2D eigenvalue weighted by molar-refractivity contribution is 7.99. The van der Waals surface area contributed by atoms with Gasteiger partial charge in [0.15, 0.2) is 0 Å². The van der Waals surface area contributed by atoms with Gasteiger partial charge in [0.25, 0.3) is 0 Å². The summed E-state index contributed by atoms with van der Waals surface area (Å²) in [4.78, 5) is 14.3. The number of nitrogens with zero attached hydrogens (tertiary/aromatic N) is 1. The standard InChI is InChI=1S/C18H24N2OS/c1-3-4-5-6-18(21)19-17-8-7-16(13-15(17)2)14-20-9-11-22-12-10-20/h3-8,13H,9-12,14H2,1-2H3,(H,19,21)/b4-3+,6-5+. The summed E-state index contributed by atoms with van der Waals surface area (Å²) in [6.07, 6.45) is 7.02. The third-order valence-electron chi connectivity index (χ3n) is 3.61. The fourth-order valence-electron chi connectivity index (χ4n) is 2.41. The number of thioether (sulfide) groups is 1. The summed E-state index contributed by atoms with van der Waals surface area (Å²) >= 11 is 2.03. The molecule has 1 fully saturated rings. The molecule has 0 aliphatic carbocycles. The Bertz CT molecular complexity index is 560. The molecule has 2 rings (SSSR count). The van der Waals surface area contributed by atoms with E-state index >= 15 is 0 Å². The molecule has 1 amide bonds. The fourth-order valence-corrected chi connectivity index (χ4v) is 3.39. The van der Waals surface area contributed by atoms with Crippen LogP contribution in [0.5, 0.6) is 0 Å². The molecule has 0 radical (unpaired) electrons. The minimum absolute atomic E-state index is 0.0954. The number of benzene rings is 1. The summed E-state index contributed by atoms with van der Waals surface area (Å²) in [6, 6.07) is 6.29. The van der Waals surface area contributed by atoms with Gasteiger partial charge in [-0.25, -0.2) is 0 Å². The van der Waals surface area contributed by atoms with Crippen molar-refractivity contribution in [2.75, 3.05) is 29.9 Å². The smallest absolute Gasteiger partial charge is 0.248 e. The number of rotatable bonds is 5. The van der Waals surface area contributed by atoms with Crippen molar-refractivity contribution >= 4 is 23.4 Å². The van der Waals surface area contributed by atoms with Gasteiger partial charge in [0.2, 0.25) is 5.91 Å². The van der Waals surface area contributed by atoms with E-state index in [0.29, 0.717) is 0 Å². The number of nitrogens with one attached hydrogen (secondary N) is 1. The van der Waals surface area contributed by atoms with Crippen molar-refractivity contribution in [3.8, 4) is 0 Å². The van der Waals surface area contributed by atoms with Crippen LogP contribution >= 0.6 is 11.8 Å². The lowest BCUT2D eigenvalue weighted by Crippen LogP contribution is -2.31. The predicted molar refractivity (Wildman–Crippen MR) is 96.4 cm³/mol. The third kappa shape index (κ3) is 5.35. The van der Waals surface area contributed by atoms with Crippen LogP contribution in [0.4, 0.5) is 5.69 Å². The predicted octanol–water partition coefficient (Wildman–Crippen LogP) is 3.61. The topological polar surface area (TPSA) is 32.3 Å². The van der Waals surface area contributed by atoms with Crippen molar-refractivity contribution in [3.05, 3.63) is 53.6 Å². The molecular formula is C18H24N2OS. The van der Waals surface area contributed by atoms with Gasteiger partial charge in [-0.05, 0) is 31.0 Å². The molecule has 0 bridgehead atoms. The molecular weight excluding hydrogens is 292 g/mol. The lowest BCUT2D eigenvalue weighted by molar-refractivity contribution is -0.111. The first-order valence-electron chi connectivity index (χ1n) is 7.69. The molecule has 1 aliphatic heterocycles. The number of carbonyl (C=O) groups is 1. The van der Waals surface area contributed by atoms with Gasteiger partial charge >= 0.3 is 0 Å². The Labute approximate surface area is 137 Å². The van der Waals surface area contributed by atoms with Gasteiger partial charge < -0.3 is 5.32 Å². The van der Waals surface area contributed by atoms with E-state index in [-0.39, 0.29) is 5.91 Å². The molecule has 0 unspecified atom stereocenters. The lowest BCUT2D eigenvalue weighted by atomic mass is 10.1. The maximum Gasteiger partial charge on any atom is 0.248 e. The molecule has 0 aromatic heterocycles. The second kappa shape index (κ2) is 8.81.